The zero-order valence-corrected chi connectivity index (χ0v) is 11.2. The monoisotopic (exact) mass is 272 g/mol. The number of piperidine rings is 1. The van der Waals surface area contributed by atoms with Crippen molar-refractivity contribution in [2.75, 3.05) is 18.0 Å². The van der Waals surface area contributed by atoms with Crippen molar-refractivity contribution in [2.45, 2.75) is 18.9 Å². The molecule has 1 aromatic heterocycles. The number of rotatable bonds is 2. The first kappa shape index (κ1) is 13.0. The highest BCUT2D eigenvalue weighted by Crippen LogP contribution is 2.22. The Hall–Kier alpha value is -2.01. The summed E-state index contributed by atoms with van der Waals surface area (Å²) in [4.78, 5) is 10.8. The van der Waals surface area contributed by atoms with E-state index < -0.39 is 0 Å². The van der Waals surface area contributed by atoms with E-state index in [4.69, 9.17) is 5.73 Å². The zero-order chi connectivity index (χ0) is 13.9. The van der Waals surface area contributed by atoms with Crippen molar-refractivity contribution >= 4 is 5.82 Å². The lowest BCUT2D eigenvalue weighted by Gasteiger charge is -2.31. The second-order valence-corrected chi connectivity index (χ2v) is 5.09. The van der Waals surface area contributed by atoms with Gasteiger partial charge in [-0.3, -0.25) is 0 Å². The highest BCUT2D eigenvalue weighted by molar-refractivity contribution is 5.62. The van der Waals surface area contributed by atoms with Crippen molar-refractivity contribution in [3.05, 3.63) is 42.5 Å². The normalized spacial score (nSPS) is 16.4. The number of nitrogens with zero attached hydrogens (tertiary/aromatic N) is 3. The highest BCUT2D eigenvalue weighted by atomic mass is 19.1. The van der Waals surface area contributed by atoms with E-state index in [0.717, 1.165) is 43.0 Å². The van der Waals surface area contributed by atoms with Gasteiger partial charge in [0.25, 0.3) is 0 Å². The summed E-state index contributed by atoms with van der Waals surface area (Å²) >= 11 is 0. The van der Waals surface area contributed by atoms with Crippen molar-refractivity contribution < 1.29 is 4.39 Å². The standard InChI is InChI=1S/C15H17FN4/c16-12-3-1-11(2-4-12)14-9-15(19-10-18-14)20-7-5-13(17)6-8-20/h1-4,9-10,13H,5-8,17H2. The van der Waals surface area contributed by atoms with Crippen molar-refractivity contribution in [3.63, 3.8) is 0 Å². The van der Waals surface area contributed by atoms with Gasteiger partial charge in [0.15, 0.2) is 0 Å². The summed E-state index contributed by atoms with van der Waals surface area (Å²) in [6.45, 7) is 1.84. The minimum atomic E-state index is -0.243. The van der Waals surface area contributed by atoms with E-state index in [1.807, 2.05) is 6.07 Å². The average molecular weight is 272 g/mol. The van der Waals surface area contributed by atoms with Crippen LogP contribution in [-0.4, -0.2) is 29.1 Å². The van der Waals surface area contributed by atoms with E-state index >= 15 is 0 Å². The van der Waals surface area contributed by atoms with Gasteiger partial charge in [0.1, 0.15) is 18.0 Å². The third-order valence-electron chi connectivity index (χ3n) is 3.66. The fraction of sp³-hybridized carbons (Fsp3) is 0.333. The molecule has 1 saturated heterocycles. The minimum Gasteiger partial charge on any atom is -0.356 e. The van der Waals surface area contributed by atoms with Crippen LogP contribution < -0.4 is 10.6 Å². The number of halogens is 1. The lowest BCUT2D eigenvalue weighted by atomic mass is 10.1. The minimum absolute atomic E-state index is 0.243. The molecule has 4 nitrogen and oxygen atoms in total. The summed E-state index contributed by atoms with van der Waals surface area (Å²) in [6.07, 6.45) is 3.52. The number of nitrogens with two attached hydrogens (primary N) is 1. The molecule has 0 atom stereocenters. The zero-order valence-electron chi connectivity index (χ0n) is 11.2. The van der Waals surface area contributed by atoms with E-state index in [1.54, 1.807) is 18.5 Å². The van der Waals surface area contributed by atoms with E-state index in [2.05, 4.69) is 14.9 Å². The Morgan fingerprint density at radius 3 is 2.50 bits per heavy atom. The maximum absolute atomic E-state index is 13.0. The van der Waals surface area contributed by atoms with Gasteiger partial charge in [0.2, 0.25) is 0 Å². The topological polar surface area (TPSA) is 55.0 Å². The van der Waals surface area contributed by atoms with E-state index in [1.165, 1.54) is 12.1 Å². The first-order chi connectivity index (χ1) is 9.72. The quantitative estimate of drug-likeness (QED) is 0.910. The van der Waals surface area contributed by atoms with E-state index in [9.17, 15) is 4.39 Å². The molecule has 2 N–H and O–H groups in total. The van der Waals surface area contributed by atoms with Crippen LogP contribution in [0.2, 0.25) is 0 Å². The first-order valence-corrected chi connectivity index (χ1v) is 6.81. The molecule has 0 bridgehead atoms. The molecule has 1 aromatic carbocycles. The van der Waals surface area contributed by atoms with Crippen molar-refractivity contribution in [2.24, 2.45) is 5.73 Å². The molecule has 0 radical (unpaired) electrons. The predicted molar refractivity (Wildman–Crippen MR) is 76.8 cm³/mol. The Labute approximate surface area is 117 Å². The smallest absolute Gasteiger partial charge is 0.132 e. The molecule has 104 valence electrons. The second kappa shape index (κ2) is 5.54. The maximum Gasteiger partial charge on any atom is 0.132 e. The largest absolute Gasteiger partial charge is 0.356 e. The van der Waals surface area contributed by atoms with Crippen LogP contribution in [0.1, 0.15) is 12.8 Å². The van der Waals surface area contributed by atoms with Gasteiger partial charge in [-0.15, -0.1) is 0 Å². The number of hydrogen-bond donors (Lipinski definition) is 1. The summed E-state index contributed by atoms with van der Waals surface area (Å²) in [5.74, 6) is 0.666. The lowest BCUT2D eigenvalue weighted by molar-refractivity contribution is 0.498. The number of anilines is 1. The molecule has 0 amide bonds. The third-order valence-corrected chi connectivity index (χ3v) is 3.66. The lowest BCUT2D eigenvalue weighted by Crippen LogP contribution is -2.40. The molecule has 0 saturated carbocycles. The van der Waals surface area contributed by atoms with Gasteiger partial charge >= 0.3 is 0 Å². The second-order valence-electron chi connectivity index (χ2n) is 5.09. The third kappa shape index (κ3) is 2.77. The highest BCUT2D eigenvalue weighted by Gasteiger charge is 2.17. The molecule has 2 heterocycles. The molecule has 1 aliphatic rings. The molecule has 1 fully saturated rings. The van der Waals surface area contributed by atoms with E-state index in [-0.39, 0.29) is 5.82 Å². The predicted octanol–water partition coefficient (Wildman–Crippen LogP) is 2.21. The molecular formula is C15H17FN4. The van der Waals surface area contributed by atoms with E-state index in [0.29, 0.717) is 6.04 Å². The summed E-state index contributed by atoms with van der Waals surface area (Å²) in [5, 5.41) is 0. The molecule has 1 aliphatic heterocycles. The SMILES string of the molecule is NC1CCN(c2cc(-c3ccc(F)cc3)ncn2)CC1. The maximum atomic E-state index is 13.0. The number of hydrogen-bond acceptors (Lipinski definition) is 4. The van der Waals surface area contributed by atoms with Crippen LogP contribution in [0, 0.1) is 5.82 Å². The Bertz CT molecular complexity index is 577. The molecule has 20 heavy (non-hydrogen) atoms. The Morgan fingerprint density at radius 2 is 1.80 bits per heavy atom. The molecule has 2 aromatic rings. The average Bonchev–Trinajstić information content (AvgIpc) is 2.49. The molecule has 0 spiro atoms. The van der Waals surface area contributed by atoms with Gasteiger partial charge in [-0.25, -0.2) is 14.4 Å². The van der Waals surface area contributed by atoms with Gasteiger partial charge in [0.05, 0.1) is 5.69 Å². The Kier molecular flexibility index (Phi) is 3.60. The molecule has 3 rings (SSSR count). The van der Waals surface area contributed by atoms with Crippen molar-refractivity contribution in [3.8, 4) is 11.3 Å². The van der Waals surface area contributed by atoms with Gasteiger partial charge in [0, 0.05) is 30.8 Å². The van der Waals surface area contributed by atoms with Crippen LogP contribution in [0.5, 0.6) is 0 Å². The van der Waals surface area contributed by atoms with Crippen LogP contribution in [0.3, 0.4) is 0 Å². The van der Waals surface area contributed by atoms with Crippen LogP contribution in [0.4, 0.5) is 10.2 Å². The molecule has 0 unspecified atom stereocenters. The van der Waals surface area contributed by atoms with Crippen LogP contribution in [0.25, 0.3) is 11.3 Å². The molecule has 5 heteroatoms. The number of benzene rings is 1. The summed E-state index contributed by atoms with van der Waals surface area (Å²) in [5.41, 5.74) is 7.62. The Balaban J connectivity index is 1.84. The Morgan fingerprint density at radius 1 is 1.10 bits per heavy atom. The van der Waals surface area contributed by atoms with Crippen LogP contribution in [0.15, 0.2) is 36.7 Å². The fourth-order valence-corrected chi connectivity index (χ4v) is 2.43. The van der Waals surface area contributed by atoms with Crippen molar-refractivity contribution in [1.82, 2.24) is 9.97 Å². The fourth-order valence-electron chi connectivity index (χ4n) is 2.43. The molecular weight excluding hydrogens is 255 g/mol. The molecule has 0 aliphatic carbocycles. The van der Waals surface area contributed by atoms with Crippen LogP contribution >= 0.6 is 0 Å². The van der Waals surface area contributed by atoms with Crippen LogP contribution in [-0.2, 0) is 0 Å². The summed E-state index contributed by atoms with van der Waals surface area (Å²) in [6, 6.07) is 8.59. The van der Waals surface area contributed by atoms with Gasteiger partial charge in [-0.05, 0) is 37.1 Å². The van der Waals surface area contributed by atoms with Gasteiger partial charge in [-0.2, -0.15) is 0 Å². The van der Waals surface area contributed by atoms with Crippen molar-refractivity contribution in [1.29, 1.82) is 0 Å². The summed E-state index contributed by atoms with van der Waals surface area (Å²) < 4.78 is 13.0. The first-order valence-electron chi connectivity index (χ1n) is 6.81. The summed E-state index contributed by atoms with van der Waals surface area (Å²) in [7, 11) is 0. The number of aromatic nitrogens is 2. The van der Waals surface area contributed by atoms with Gasteiger partial charge in [-0.1, -0.05) is 0 Å². The van der Waals surface area contributed by atoms with Gasteiger partial charge < -0.3 is 10.6 Å².